The lowest BCUT2D eigenvalue weighted by molar-refractivity contribution is -0.143. The number of carbonyl (C=O) groups excluding carboxylic acids is 1. The Hall–Kier alpha value is -0.650. The highest BCUT2D eigenvalue weighted by atomic mass is 79.9. The van der Waals surface area contributed by atoms with Gasteiger partial charge in [0.05, 0.1) is 23.0 Å². The van der Waals surface area contributed by atoms with Crippen molar-refractivity contribution in [2.45, 2.75) is 19.1 Å². The van der Waals surface area contributed by atoms with E-state index < -0.39 is 0 Å². The van der Waals surface area contributed by atoms with Gasteiger partial charge in [-0.05, 0) is 37.4 Å². The Morgan fingerprint density at radius 3 is 2.79 bits per heavy atom. The summed E-state index contributed by atoms with van der Waals surface area (Å²) in [7, 11) is 0. The molecule has 0 saturated carbocycles. The second-order valence-corrected chi connectivity index (χ2v) is 7.13. The fraction of sp³-hybridized carbons (Fsp3) is 0.357. The van der Waals surface area contributed by atoms with Crippen LogP contribution in [0, 0.1) is 5.92 Å². The Morgan fingerprint density at radius 1 is 1.37 bits per heavy atom. The van der Waals surface area contributed by atoms with Gasteiger partial charge >= 0.3 is 5.97 Å². The highest BCUT2D eigenvalue weighted by molar-refractivity contribution is 9.28. The highest BCUT2D eigenvalue weighted by Crippen LogP contribution is 2.28. The highest BCUT2D eigenvalue weighted by Gasteiger charge is 2.33. The van der Waals surface area contributed by atoms with Crippen LogP contribution in [0.15, 0.2) is 39.8 Å². The van der Waals surface area contributed by atoms with Crippen LogP contribution in [0.3, 0.4) is 0 Å². The van der Waals surface area contributed by atoms with Crippen LogP contribution < -0.4 is 0 Å². The number of hydrogen-bond donors (Lipinski definition) is 0. The topological polar surface area (TPSA) is 35.5 Å². The van der Waals surface area contributed by atoms with Crippen LogP contribution in [0.1, 0.15) is 12.0 Å². The van der Waals surface area contributed by atoms with Gasteiger partial charge in [-0.15, -0.1) is 0 Å². The van der Waals surface area contributed by atoms with E-state index >= 15 is 0 Å². The third kappa shape index (κ3) is 4.75. The van der Waals surface area contributed by atoms with E-state index in [2.05, 4.69) is 31.9 Å². The van der Waals surface area contributed by atoms with Crippen molar-refractivity contribution in [2.75, 3.05) is 6.61 Å². The zero-order valence-electron chi connectivity index (χ0n) is 10.2. The van der Waals surface area contributed by atoms with Gasteiger partial charge in [-0.3, -0.25) is 4.79 Å². The number of benzene rings is 1. The van der Waals surface area contributed by atoms with Gasteiger partial charge in [-0.2, -0.15) is 0 Å². The summed E-state index contributed by atoms with van der Waals surface area (Å²) in [4.78, 5) is 11.3. The lowest BCUT2D eigenvalue weighted by atomic mass is 10.0. The molecule has 1 aliphatic heterocycles. The SMILES string of the molecule is O=C1C[C@@H](C=C(Br)Br)[C@H](COCc2ccccc2)O1. The first-order chi connectivity index (χ1) is 9.15. The van der Waals surface area contributed by atoms with E-state index in [9.17, 15) is 4.79 Å². The molecule has 0 amide bonds. The maximum atomic E-state index is 11.3. The molecule has 0 aromatic heterocycles. The van der Waals surface area contributed by atoms with Crippen molar-refractivity contribution in [1.29, 1.82) is 0 Å². The predicted molar refractivity (Wildman–Crippen MR) is 80.0 cm³/mol. The fourth-order valence-corrected chi connectivity index (χ4v) is 2.66. The smallest absolute Gasteiger partial charge is 0.306 e. The molecule has 1 aromatic carbocycles. The van der Waals surface area contributed by atoms with Gasteiger partial charge in [0.2, 0.25) is 0 Å². The molecule has 0 spiro atoms. The summed E-state index contributed by atoms with van der Waals surface area (Å²) >= 11 is 6.61. The summed E-state index contributed by atoms with van der Waals surface area (Å²) in [6.45, 7) is 0.940. The number of cyclic esters (lactones) is 1. The summed E-state index contributed by atoms with van der Waals surface area (Å²) < 4.78 is 11.7. The first-order valence-electron chi connectivity index (χ1n) is 5.99. The van der Waals surface area contributed by atoms with Crippen LogP contribution >= 0.6 is 31.9 Å². The lowest BCUT2D eigenvalue weighted by Crippen LogP contribution is -2.21. The van der Waals surface area contributed by atoms with E-state index in [4.69, 9.17) is 9.47 Å². The quantitative estimate of drug-likeness (QED) is 0.719. The normalized spacial score (nSPS) is 22.1. The molecule has 1 saturated heterocycles. The number of halogens is 2. The average molecular weight is 390 g/mol. The zero-order chi connectivity index (χ0) is 13.7. The van der Waals surface area contributed by atoms with Gasteiger partial charge in [-0.1, -0.05) is 36.4 Å². The molecule has 0 bridgehead atoms. The van der Waals surface area contributed by atoms with Crippen molar-refractivity contribution >= 4 is 37.8 Å². The Morgan fingerprint density at radius 2 is 2.11 bits per heavy atom. The zero-order valence-corrected chi connectivity index (χ0v) is 13.4. The molecule has 0 N–H and O–H groups in total. The lowest BCUT2D eigenvalue weighted by Gasteiger charge is -2.15. The molecular formula is C14H14Br2O3. The van der Waals surface area contributed by atoms with Crippen molar-refractivity contribution < 1.29 is 14.3 Å². The molecule has 2 atom stereocenters. The van der Waals surface area contributed by atoms with Gasteiger partial charge in [0, 0.05) is 5.92 Å². The Labute approximate surface area is 129 Å². The van der Waals surface area contributed by atoms with Gasteiger partial charge in [0.15, 0.2) is 0 Å². The maximum absolute atomic E-state index is 11.3. The molecule has 102 valence electrons. The third-order valence-corrected chi connectivity index (χ3v) is 3.43. The monoisotopic (exact) mass is 388 g/mol. The van der Waals surface area contributed by atoms with Crippen molar-refractivity contribution in [3.63, 3.8) is 0 Å². The van der Waals surface area contributed by atoms with Crippen molar-refractivity contribution in [2.24, 2.45) is 5.92 Å². The number of esters is 1. The van der Waals surface area contributed by atoms with Gasteiger partial charge < -0.3 is 9.47 Å². The molecule has 0 unspecified atom stereocenters. The van der Waals surface area contributed by atoms with E-state index in [-0.39, 0.29) is 18.0 Å². The molecule has 1 heterocycles. The molecular weight excluding hydrogens is 376 g/mol. The largest absolute Gasteiger partial charge is 0.459 e. The summed E-state index contributed by atoms with van der Waals surface area (Å²) in [5, 5.41) is 0. The number of rotatable bonds is 5. The second-order valence-electron chi connectivity index (χ2n) is 4.35. The van der Waals surface area contributed by atoms with Gasteiger partial charge in [-0.25, -0.2) is 0 Å². The Balaban J connectivity index is 1.84. The first kappa shape index (κ1) is 14.8. The molecule has 5 heteroatoms. The molecule has 3 nitrogen and oxygen atoms in total. The molecule has 1 aromatic rings. The summed E-state index contributed by atoms with van der Waals surface area (Å²) in [6, 6.07) is 9.93. The Bertz CT molecular complexity index is 455. The van der Waals surface area contributed by atoms with Crippen molar-refractivity contribution in [3.05, 3.63) is 45.4 Å². The molecule has 1 fully saturated rings. The van der Waals surface area contributed by atoms with Crippen LogP contribution in [0.5, 0.6) is 0 Å². The summed E-state index contributed by atoms with van der Waals surface area (Å²) in [6.07, 6.45) is 2.13. The fourth-order valence-electron chi connectivity index (χ4n) is 1.98. The molecule has 19 heavy (non-hydrogen) atoms. The second kappa shape index (κ2) is 7.22. The van der Waals surface area contributed by atoms with E-state index in [1.165, 1.54) is 0 Å². The van der Waals surface area contributed by atoms with E-state index in [0.717, 1.165) is 8.96 Å². The minimum atomic E-state index is -0.207. The average Bonchev–Trinajstić information content (AvgIpc) is 2.70. The standard InChI is InChI=1S/C14H14Br2O3/c15-13(16)6-11-7-14(17)19-12(11)9-18-8-10-4-2-1-3-5-10/h1-6,11-12H,7-9H2/t11-,12+/m1/s1. The van der Waals surface area contributed by atoms with Crippen LogP contribution in [-0.2, 0) is 20.9 Å². The van der Waals surface area contributed by atoms with E-state index in [1.807, 2.05) is 36.4 Å². The molecule has 1 aliphatic rings. The van der Waals surface area contributed by atoms with E-state index in [1.54, 1.807) is 0 Å². The van der Waals surface area contributed by atoms with Gasteiger partial charge in [0.1, 0.15) is 6.10 Å². The van der Waals surface area contributed by atoms with Gasteiger partial charge in [0.25, 0.3) is 0 Å². The predicted octanol–water partition coefficient (Wildman–Crippen LogP) is 3.77. The minimum Gasteiger partial charge on any atom is -0.459 e. The molecule has 2 rings (SSSR count). The maximum Gasteiger partial charge on any atom is 0.306 e. The third-order valence-electron chi connectivity index (χ3n) is 2.90. The number of hydrogen-bond acceptors (Lipinski definition) is 3. The Kier molecular flexibility index (Phi) is 5.60. The van der Waals surface area contributed by atoms with Crippen LogP contribution in [-0.4, -0.2) is 18.7 Å². The molecule has 0 radical (unpaired) electrons. The van der Waals surface area contributed by atoms with Crippen LogP contribution in [0.25, 0.3) is 0 Å². The van der Waals surface area contributed by atoms with Crippen LogP contribution in [0.2, 0.25) is 0 Å². The first-order valence-corrected chi connectivity index (χ1v) is 7.57. The van der Waals surface area contributed by atoms with Crippen molar-refractivity contribution in [3.8, 4) is 0 Å². The van der Waals surface area contributed by atoms with Crippen LogP contribution in [0.4, 0.5) is 0 Å². The summed E-state index contributed by atoms with van der Waals surface area (Å²) in [5.74, 6) is -0.118. The minimum absolute atomic E-state index is 0.0528. The summed E-state index contributed by atoms with van der Waals surface area (Å²) in [5.41, 5.74) is 1.11. The van der Waals surface area contributed by atoms with Crippen molar-refractivity contribution in [1.82, 2.24) is 0 Å². The van der Waals surface area contributed by atoms with E-state index in [0.29, 0.717) is 19.6 Å². The number of ether oxygens (including phenoxy) is 2. The number of carbonyl (C=O) groups is 1. The molecule has 0 aliphatic carbocycles.